The fourth-order valence-corrected chi connectivity index (χ4v) is 15.1. The molecule has 0 unspecified atom stereocenters. The van der Waals surface area contributed by atoms with Gasteiger partial charge >= 0.3 is 0 Å². The fraction of sp³-hybridized carbons (Fsp3) is 0.0933. The molecule has 2 aromatic heterocycles. The number of allylic oxidation sites excluding steroid dienone is 6. The Labute approximate surface area is 448 Å². The van der Waals surface area contributed by atoms with Gasteiger partial charge in [0.25, 0.3) is 0 Å². The number of rotatable bonds is 6. The molecule has 0 atom stereocenters. The van der Waals surface area contributed by atoms with E-state index in [-0.39, 0.29) is 0 Å². The molecule has 0 saturated heterocycles. The molecule has 0 fully saturated rings. The van der Waals surface area contributed by atoms with Crippen LogP contribution in [-0.2, 0) is 18.3 Å². The smallest absolute Gasteiger partial charge is 0.0619 e. The zero-order chi connectivity index (χ0) is 50.7. The molecule has 362 valence electrons. The highest BCUT2D eigenvalue weighted by Crippen LogP contribution is 2.60. The van der Waals surface area contributed by atoms with Crippen molar-refractivity contribution < 1.29 is 0 Å². The number of hydrogen-bond donors (Lipinski definition) is 0. The summed E-state index contributed by atoms with van der Waals surface area (Å²) in [5.41, 5.74) is 30.9. The topological polar surface area (TPSA) is 9.86 Å². The van der Waals surface area contributed by atoms with Crippen LogP contribution in [0.4, 0.5) is 0 Å². The Kier molecular flexibility index (Phi) is 8.89. The minimum atomic E-state index is -0.449. The third kappa shape index (κ3) is 5.85. The molecule has 5 aliphatic carbocycles. The zero-order valence-electron chi connectivity index (χ0n) is 43.2. The molecule has 12 aromatic rings. The van der Waals surface area contributed by atoms with Gasteiger partial charge in [-0.3, -0.25) is 0 Å². The Bertz CT molecular complexity index is 4700. The average molecular weight is 981 g/mol. The van der Waals surface area contributed by atoms with Crippen molar-refractivity contribution in [3.8, 4) is 67.3 Å². The monoisotopic (exact) mass is 980 g/mol. The van der Waals surface area contributed by atoms with Gasteiger partial charge in [0.15, 0.2) is 0 Å². The summed E-state index contributed by atoms with van der Waals surface area (Å²) in [5, 5.41) is 8.06. The van der Waals surface area contributed by atoms with E-state index < -0.39 is 5.41 Å². The van der Waals surface area contributed by atoms with Crippen molar-refractivity contribution in [1.29, 1.82) is 0 Å². The molecule has 0 bridgehead atoms. The lowest BCUT2D eigenvalue weighted by Gasteiger charge is -2.26. The van der Waals surface area contributed by atoms with Crippen LogP contribution in [-0.4, -0.2) is 9.13 Å². The molecular weight excluding hydrogens is 929 g/mol. The molecule has 10 aromatic carbocycles. The number of nitrogens with zero attached hydrogens (tertiary/aromatic N) is 2. The Morgan fingerprint density at radius 2 is 0.857 bits per heavy atom. The molecule has 0 spiro atoms. The molecule has 0 saturated carbocycles. The number of aromatic nitrogens is 2. The van der Waals surface area contributed by atoms with Gasteiger partial charge < -0.3 is 9.13 Å². The molecule has 2 nitrogen and oxygen atoms in total. The summed E-state index contributed by atoms with van der Waals surface area (Å²) < 4.78 is 5.30. The van der Waals surface area contributed by atoms with E-state index in [1.807, 2.05) is 0 Å². The van der Waals surface area contributed by atoms with Gasteiger partial charge in [-0.15, -0.1) is 0 Å². The first kappa shape index (κ1) is 43.0. The average Bonchev–Trinajstić information content (AvgIpc) is 4.28. The molecule has 0 amide bonds. The normalized spacial score (nSPS) is 15.1. The van der Waals surface area contributed by atoms with Gasteiger partial charge in [0, 0.05) is 32.7 Å². The number of benzene rings is 10. The van der Waals surface area contributed by atoms with Crippen LogP contribution in [0.1, 0.15) is 71.2 Å². The lowest BCUT2D eigenvalue weighted by molar-refractivity contribution is 0.672. The Hall–Kier alpha value is -9.24. The van der Waals surface area contributed by atoms with Crippen molar-refractivity contribution in [2.75, 3.05) is 0 Å². The van der Waals surface area contributed by atoms with Crippen LogP contribution < -0.4 is 0 Å². The van der Waals surface area contributed by atoms with E-state index in [1.54, 1.807) is 0 Å². The van der Waals surface area contributed by atoms with Crippen LogP contribution >= 0.6 is 0 Å². The zero-order valence-corrected chi connectivity index (χ0v) is 43.2. The van der Waals surface area contributed by atoms with Crippen LogP contribution in [0.25, 0.3) is 134 Å². The quantitative estimate of drug-likeness (QED) is 0.157. The number of fused-ring (bicyclic) bond motifs is 7. The van der Waals surface area contributed by atoms with E-state index in [1.165, 1.54) is 166 Å². The minimum absolute atomic E-state index is 0.449. The van der Waals surface area contributed by atoms with Gasteiger partial charge in [0.1, 0.15) is 0 Å². The van der Waals surface area contributed by atoms with Crippen molar-refractivity contribution in [2.45, 2.75) is 44.9 Å². The summed E-state index contributed by atoms with van der Waals surface area (Å²) in [6.45, 7) is 5.05. The van der Waals surface area contributed by atoms with Gasteiger partial charge in [0.2, 0.25) is 0 Å². The lowest BCUT2D eigenvalue weighted by atomic mass is 9.77. The van der Waals surface area contributed by atoms with E-state index >= 15 is 0 Å². The molecule has 17 rings (SSSR count). The summed E-state index contributed by atoms with van der Waals surface area (Å²) in [6, 6.07) is 73.8. The fourth-order valence-electron chi connectivity index (χ4n) is 15.1. The second-order valence-electron chi connectivity index (χ2n) is 22.4. The molecular formula is C75H52N2. The molecule has 0 aliphatic heterocycles. The van der Waals surface area contributed by atoms with Crippen LogP contribution in [0.3, 0.4) is 0 Å². The molecule has 2 heterocycles. The van der Waals surface area contributed by atoms with Crippen molar-refractivity contribution in [2.24, 2.45) is 0 Å². The maximum atomic E-state index is 2.66. The second kappa shape index (κ2) is 15.9. The summed E-state index contributed by atoms with van der Waals surface area (Å²) in [4.78, 5) is 0. The Morgan fingerprint density at radius 3 is 1.43 bits per heavy atom. The third-order valence-corrected chi connectivity index (χ3v) is 18.1. The molecule has 0 N–H and O–H groups in total. The number of hydrogen-bond acceptors (Lipinski definition) is 0. The Balaban J connectivity index is 1.01. The van der Waals surface area contributed by atoms with Crippen LogP contribution in [0.15, 0.2) is 218 Å². The van der Waals surface area contributed by atoms with Crippen molar-refractivity contribution in [3.05, 3.63) is 263 Å². The molecule has 0 radical (unpaired) electrons. The van der Waals surface area contributed by atoms with E-state index in [4.69, 9.17) is 0 Å². The first-order valence-corrected chi connectivity index (χ1v) is 27.6. The second-order valence-corrected chi connectivity index (χ2v) is 22.4. The highest BCUT2D eigenvalue weighted by atomic mass is 15.0. The van der Waals surface area contributed by atoms with Crippen molar-refractivity contribution in [1.82, 2.24) is 9.13 Å². The summed E-state index contributed by atoms with van der Waals surface area (Å²) >= 11 is 0. The summed E-state index contributed by atoms with van der Waals surface area (Å²) in [6.07, 6.45) is 18.1. The van der Waals surface area contributed by atoms with Gasteiger partial charge in [-0.05, 0) is 155 Å². The highest BCUT2D eigenvalue weighted by molar-refractivity contribution is 6.17. The van der Waals surface area contributed by atoms with Crippen molar-refractivity contribution in [3.63, 3.8) is 0 Å². The van der Waals surface area contributed by atoms with Crippen LogP contribution in [0.5, 0.6) is 0 Å². The molecule has 77 heavy (non-hydrogen) atoms. The predicted octanol–water partition coefficient (Wildman–Crippen LogP) is 19.6. The summed E-state index contributed by atoms with van der Waals surface area (Å²) in [5.74, 6) is 0. The Morgan fingerprint density at radius 1 is 0.377 bits per heavy atom. The highest BCUT2D eigenvalue weighted by Gasteiger charge is 2.43. The van der Waals surface area contributed by atoms with Crippen molar-refractivity contribution >= 4 is 66.6 Å². The van der Waals surface area contributed by atoms with E-state index in [0.717, 1.165) is 25.7 Å². The van der Waals surface area contributed by atoms with Crippen LogP contribution in [0, 0.1) is 0 Å². The first-order valence-electron chi connectivity index (χ1n) is 27.6. The first-order chi connectivity index (χ1) is 38.0. The molecule has 2 heteroatoms. The standard InChI is InChI=1S/C75H52N2/c1-75(2)71-55(39-43-61-69(71)67(45-17-7-3-8-18-45)73(53-21-11-5-12-22-53)76(61)59-41-35-51-31-29-47-25-15-27-49-33-37-57(59)65(51)63(47)49)56-40-44-62-70(72(56)75)68(46-19-9-4-10-20-46)74(54-23-13-6-14-24-54)77(62)60-42-36-52-32-30-48-26-16-28-50-34-38-58(60)66(52)64(48)50/h3-25,28-31,33-36,38-44H,26-27,32,37H2,1-2H3. The SMILES string of the molecule is CC1(C)c2c(ccc3c2c(-c2ccccc2)c(-c2ccccc2)n3-c2ccc3ccc4c5c3c2CC=C5CC=C4)-c2ccc3c(c(-c4ccccc4)c(-c4ccccc4)n3-c3ccc4c5c6c(ccc35)C=CCC6=CC4)c21. The van der Waals surface area contributed by atoms with E-state index in [0.29, 0.717) is 0 Å². The summed E-state index contributed by atoms with van der Waals surface area (Å²) in [7, 11) is 0. The maximum absolute atomic E-state index is 2.66. The van der Waals surface area contributed by atoms with Gasteiger partial charge in [0.05, 0.1) is 33.8 Å². The maximum Gasteiger partial charge on any atom is 0.0619 e. The van der Waals surface area contributed by atoms with E-state index in [9.17, 15) is 0 Å². The molecule has 5 aliphatic rings. The predicted molar refractivity (Wildman–Crippen MR) is 325 cm³/mol. The lowest BCUT2D eigenvalue weighted by Crippen LogP contribution is -2.16. The van der Waals surface area contributed by atoms with E-state index in [2.05, 4.69) is 254 Å². The van der Waals surface area contributed by atoms with Gasteiger partial charge in [-0.1, -0.05) is 220 Å². The van der Waals surface area contributed by atoms with Crippen LogP contribution in [0.2, 0.25) is 0 Å². The van der Waals surface area contributed by atoms with Gasteiger partial charge in [-0.2, -0.15) is 0 Å². The third-order valence-electron chi connectivity index (χ3n) is 18.1. The minimum Gasteiger partial charge on any atom is -0.308 e. The van der Waals surface area contributed by atoms with Gasteiger partial charge in [-0.25, -0.2) is 0 Å². The largest absolute Gasteiger partial charge is 0.308 e.